The van der Waals surface area contributed by atoms with E-state index in [0.29, 0.717) is 11.3 Å². The van der Waals surface area contributed by atoms with Crippen LogP contribution in [0.25, 0.3) is 0 Å². The average molecular weight is 289 g/mol. The van der Waals surface area contributed by atoms with Gasteiger partial charge in [0.1, 0.15) is 18.0 Å². The minimum Gasteiger partial charge on any atom is -0.489 e. The highest BCUT2D eigenvalue weighted by Gasteiger charge is 2.13. The Bertz CT molecular complexity index is 646. The molecule has 0 saturated carbocycles. The van der Waals surface area contributed by atoms with Gasteiger partial charge < -0.3 is 15.3 Å². The first-order valence-corrected chi connectivity index (χ1v) is 6.20. The van der Waals surface area contributed by atoms with Crippen LogP contribution in [0.4, 0.5) is 11.4 Å². The molecular weight excluding hydrogens is 274 g/mol. The maximum Gasteiger partial charge on any atom is 0.294 e. The maximum absolute atomic E-state index is 10.9. The summed E-state index contributed by atoms with van der Waals surface area (Å²) in [5, 5.41) is 20.0. The van der Waals surface area contributed by atoms with Crippen LogP contribution in [0.3, 0.4) is 0 Å². The summed E-state index contributed by atoms with van der Waals surface area (Å²) in [5.41, 5.74) is 3.80. The van der Waals surface area contributed by atoms with Crippen molar-refractivity contribution in [1.82, 2.24) is 0 Å². The fourth-order valence-corrected chi connectivity index (χ4v) is 1.84. The number of nitrogens with two attached hydrogens (primary N) is 1. The number of hydrogen-bond donors (Lipinski definition) is 3. The lowest BCUT2D eigenvalue weighted by molar-refractivity contribution is -0.384. The van der Waals surface area contributed by atoms with Crippen molar-refractivity contribution in [3.8, 4) is 5.75 Å². The molecule has 110 valence electrons. The molecular formula is C14H15N3O4. The van der Waals surface area contributed by atoms with E-state index in [4.69, 9.17) is 15.7 Å². The molecule has 0 aliphatic rings. The number of rotatable bonds is 6. The predicted molar refractivity (Wildman–Crippen MR) is 77.6 cm³/mol. The van der Waals surface area contributed by atoms with Gasteiger partial charge in [0.2, 0.25) is 0 Å². The van der Waals surface area contributed by atoms with Crippen molar-refractivity contribution in [2.24, 2.45) is 5.84 Å². The number of nitro groups is 1. The minimum atomic E-state index is -0.509. The normalized spacial score (nSPS) is 10.2. The molecule has 0 saturated heterocycles. The molecule has 4 N–H and O–H groups in total. The van der Waals surface area contributed by atoms with Crippen LogP contribution >= 0.6 is 0 Å². The highest BCUT2D eigenvalue weighted by molar-refractivity contribution is 5.61. The molecule has 7 heteroatoms. The van der Waals surface area contributed by atoms with Crippen LogP contribution in [0.15, 0.2) is 42.5 Å². The molecule has 0 heterocycles. The first-order valence-electron chi connectivity index (χ1n) is 6.20. The summed E-state index contributed by atoms with van der Waals surface area (Å²) >= 11 is 0. The molecule has 2 aromatic carbocycles. The molecule has 0 bridgehead atoms. The maximum atomic E-state index is 10.9. The van der Waals surface area contributed by atoms with Crippen molar-refractivity contribution < 1.29 is 14.8 Å². The zero-order chi connectivity index (χ0) is 15.2. The van der Waals surface area contributed by atoms with Gasteiger partial charge in [-0.2, -0.15) is 0 Å². The van der Waals surface area contributed by atoms with E-state index < -0.39 is 4.92 Å². The van der Waals surface area contributed by atoms with Crippen molar-refractivity contribution in [2.45, 2.75) is 13.2 Å². The van der Waals surface area contributed by atoms with Crippen LogP contribution in [0.1, 0.15) is 11.1 Å². The number of hydrazine groups is 1. The van der Waals surface area contributed by atoms with E-state index in [9.17, 15) is 10.1 Å². The van der Waals surface area contributed by atoms with E-state index in [0.717, 1.165) is 5.56 Å². The smallest absolute Gasteiger partial charge is 0.294 e. The Kier molecular flexibility index (Phi) is 4.70. The summed E-state index contributed by atoms with van der Waals surface area (Å²) in [7, 11) is 0. The number of ether oxygens (including phenoxy) is 1. The van der Waals surface area contributed by atoms with Gasteiger partial charge in [0.05, 0.1) is 11.5 Å². The summed E-state index contributed by atoms with van der Waals surface area (Å²) in [4.78, 5) is 10.4. The van der Waals surface area contributed by atoms with E-state index in [2.05, 4.69) is 5.43 Å². The molecule has 0 aliphatic heterocycles. The molecule has 2 rings (SSSR count). The summed E-state index contributed by atoms with van der Waals surface area (Å²) in [6.07, 6.45) is 0. The number of nitrogen functional groups attached to an aromatic ring is 1. The summed E-state index contributed by atoms with van der Waals surface area (Å²) in [5.74, 6) is 5.81. The van der Waals surface area contributed by atoms with Gasteiger partial charge in [0.25, 0.3) is 5.69 Å². The summed E-state index contributed by atoms with van der Waals surface area (Å²) in [6.45, 7) is 0.111. The van der Waals surface area contributed by atoms with Gasteiger partial charge >= 0.3 is 0 Å². The molecule has 0 unspecified atom stereocenters. The predicted octanol–water partition coefficient (Wildman–Crippen LogP) is 1.95. The van der Waals surface area contributed by atoms with Gasteiger partial charge in [0.15, 0.2) is 0 Å². The third-order valence-corrected chi connectivity index (χ3v) is 2.90. The van der Waals surface area contributed by atoms with E-state index >= 15 is 0 Å². The molecule has 0 spiro atoms. The number of anilines is 1. The lowest BCUT2D eigenvalue weighted by Crippen LogP contribution is -2.09. The van der Waals surface area contributed by atoms with Gasteiger partial charge in [-0.05, 0) is 29.3 Å². The Balaban J connectivity index is 2.12. The van der Waals surface area contributed by atoms with E-state index in [-0.39, 0.29) is 24.6 Å². The van der Waals surface area contributed by atoms with Crippen molar-refractivity contribution in [3.05, 3.63) is 63.7 Å². The monoisotopic (exact) mass is 289 g/mol. The lowest BCUT2D eigenvalue weighted by atomic mass is 10.2. The number of benzene rings is 2. The fourth-order valence-electron chi connectivity index (χ4n) is 1.84. The van der Waals surface area contributed by atoms with Crippen LogP contribution in [0.2, 0.25) is 0 Å². The molecule has 0 fully saturated rings. The van der Waals surface area contributed by atoms with E-state index in [1.165, 1.54) is 12.1 Å². The zero-order valence-electron chi connectivity index (χ0n) is 11.2. The topological polar surface area (TPSA) is 111 Å². The molecule has 2 aromatic rings. The Hall–Kier alpha value is -2.64. The minimum absolute atomic E-state index is 0.0699. The second-order valence-corrected chi connectivity index (χ2v) is 4.35. The summed E-state index contributed by atoms with van der Waals surface area (Å²) < 4.78 is 5.56. The zero-order valence-corrected chi connectivity index (χ0v) is 11.2. The van der Waals surface area contributed by atoms with E-state index in [1.54, 1.807) is 30.3 Å². The fraction of sp³-hybridized carbons (Fsp3) is 0.143. The van der Waals surface area contributed by atoms with E-state index in [1.807, 2.05) is 0 Å². The number of nitro benzene ring substituents is 1. The van der Waals surface area contributed by atoms with Gasteiger partial charge in [0, 0.05) is 6.07 Å². The largest absolute Gasteiger partial charge is 0.489 e. The number of aliphatic hydroxyl groups excluding tert-OH is 1. The quantitative estimate of drug-likeness (QED) is 0.426. The number of nitrogens with one attached hydrogen (secondary N) is 1. The van der Waals surface area contributed by atoms with Gasteiger partial charge in [-0.3, -0.25) is 16.0 Å². The molecule has 0 radical (unpaired) electrons. The number of nitrogens with zero attached hydrogens (tertiary/aromatic N) is 1. The highest BCUT2D eigenvalue weighted by Crippen LogP contribution is 2.25. The van der Waals surface area contributed by atoms with Crippen LogP contribution in [-0.4, -0.2) is 10.0 Å². The first-order chi connectivity index (χ1) is 10.1. The average Bonchev–Trinajstić information content (AvgIpc) is 2.52. The third-order valence-electron chi connectivity index (χ3n) is 2.90. The summed E-state index contributed by atoms with van der Waals surface area (Å²) in [6, 6.07) is 11.6. The molecule has 0 atom stereocenters. The standard InChI is InChI=1S/C14H15N3O4/c15-16-13-5-4-11(7-14(13)17(19)20)9-21-12-3-1-2-10(6-12)8-18/h1-7,16,18H,8-9,15H2. The lowest BCUT2D eigenvalue weighted by Gasteiger charge is -2.08. The molecule has 0 aromatic heterocycles. The molecule has 0 amide bonds. The first kappa shape index (κ1) is 14.8. The second-order valence-electron chi connectivity index (χ2n) is 4.35. The van der Waals surface area contributed by atoms with Crippen LogP contribution in [-0.2, 0) is 13.2 Å². The van der Waals surface area contributed by atoms with Gasteiger partial charge in [-0.25, -0.2) is 0 Å². The van der Waals surface area contributed by atoms with Crippen molar-refractivity contribution in [3.63, 3.8) is 0 Å². The Morgan fingerprint density at radius 2 is 2.05 bits per heavy atom. The van der Waals surface area contributed by atoms with Gasteiger partial charge in [-0.1, -0.05) is 18.2 Å². The van der Waals surface area contributed by atoms with Crippen molar-refractivity contribution in [2.75, 3.05) is 5.43 Å². The van der Waals surface area contributed by atoms with Crippen LogP contribution in [0.5, 0.6) is 5.75 Å². The third kappa shape index (κ3) is 3.68. The molecule has 7 nitrogen and oxygen atoms in total. The second kappa shape index (κ2) is 6.69. The van der Waals surface area contributed by atoms with Crippen molar-refractivity contribution >= 4 is 11.4 Å². The highest BCUT2D eigenvalue weighted by atomic mass is 16.6. The Labute approximate surface area is 121 Å². The number of aliphatic hydroxyl groups is 1. The van der Waals surface area contributed by atoms with Crippen molar-refractivity contribution in [1.29, 1.82) is 0 Å². The number of hydrogen-bond acceptors (Lipinski definition) is 6. The molecule has 21 heavy (non-hydrogen) atoms. The van der Waals surface area contributed by atoms with Gasteiger partial charge in [-0.15, -0.1) is 0 Å². The Morgan fingerprint density at radius 3 is 2.71 bits per heavy atom. The van der Waals surface area contributed by atoms with Crippen LogP contribution in [0, 0.1) is 10.1 Å². The van der Waals surface area contributed by atoms with Crippen LogP contribution < -0.4 is 16.0 Å². The molecule has 0 aliphatic carbocycles. The Morgan fingerprint density at radius 1 is 1.24 bits per heavy atom. The SMILES string of the molecule is NNc1ccc(COc2cccc(CO)c2)cc1[N+](=O)[O-].